The van der Waals surface area contributed by atoms with Crippen LogP contribution in [-0.2, 0) is 0 Å². The van der Waals surface area contributed by atoms with Gasteiger partial charge in [-0.1, -0.05) is 18.2 Å². The van der Waals surface area contributed by atoms with E-state index >= 15 is 0 Å². The Hall–Kier alpha value is -2.74. The summed E-state index contributed by atoms with van der Waals surface area (Å²) in [6, 6.07) is 13.0. The minimum absolute atomic E-state index is 0.286. The summed E-state index contributed by atoms with van der Waals surface area (Å²) in [5.41, 5.74) is 2.67. The van der Waals surface area contributed by atoms with E-state index in [0.29, 0.717) is 21.9 Å². The summed E-state index contributed by atoms with van der Waals surface area (Å²) in [5.74, 6) is -1.75. The number of benzene rings is 2. The van der Waals surface area contributed by atoms with Crippen LogP contribution in [0, 0.1) is 7.14 Å². The van der Waals surface area contributed by atoms with Gasteiger partial charge in [0.2, 0.25) is 0 Å². The third-order valence-corrected chi connectivity index (χ3v) is 5.60. The van der Waals surface area contributed by atoms with Gasteiger partial charge in [0, 0.05) is 14.3 Å². The Morgan fingerprint density at radius 2 is 1.37 bits per heavy atom. The molecule has 30 heavy (non-hydrogen) atoms. The number of nitrogens with one attached hydrogen (secondary N) is 2. The Kier molecular flexibility index (Phi) is 5.60. The number of halogens is 2. The summed E-state index contributed by atoms with van der Waals surface area (Å²) in [5, 5.41) is 1.12. The second-order valence-electron chi connectivity index (χ2n) is 6.15. The van der Waals surface area contributed by atoms with Crippen LogP contribution in [-0.4, -0.2) is 11.8 Å². The first-order valence-electron chi connectivity index (χ1n) is 8.40. The van der Waals surface area contributed by atoms with Crippen molar-refractivity contribution in [2.45, 2.75) is 0 Å². The molecule has 0 aliphatic heterocycles. The molecule has 2 heterocycles. The largest absolute Gasteiger partial charge is 0.422 e. The first kappa shape index (κ1) is 20.5. The van der Waals surface area contributed by atoms with Gasteiger partial charge in [0.25, 0.3) is 11.8 Å². The van der Waals surface area contributed by atoms with Gasteiger partial charge < -0.3 is 8.83 Å². The van der Waals surface area contributed by atoms with Crippen LogP contribution in [0.3, 0.4) is 0 Å². The van der Waals surface area contributed by atoms with Gasteiger partial charge in [0.05, 0.1) is 3.57 Å². The van der Waals surface area contributed by atoms with E-state index in [4.69, 9.17) is 8.83 Å². The van der Waals surface area contributed by atoms with E-state index in [2.05, 4.69) is 33.4 Å². The maximum Gasteiger partial charge on any atom is 0.349 e. The minimum atomic E-state index is -0.878. The SMILES string of the molecule is O=C(NNC(=O)c1cc2cc(I)cc(I)c2oc1=O)c1cc2ccccc2oc1=O. The van der Waals surface area contributed by atoms with Crippen molar-refractivity contribution in [3.8, 4) is 0 Å². The Labute approximate surface area is 194 Å². The lowest BCUT2D eigenvalue weighted by Gasteiger charge is -2.08. The number of hydrogen-bond donors (Lipinski definition) is 2. The molecule has 10 heteroatoms. The minimum Gasteiger partial charge on any atom is -0.422 e. The molecule has 0 aliphatic carbocycles. The second-order valence-corrected chi connectivity index (χ2v) is 8.55. The summed E-state index contributed by atoms with van der Waals surface area (Å²) < 4.78 is 12.0. The predicted octanol–water partition coefficient (Wildman–Crippen LogP) is 3.18. The van der Waals surface area contributed by atoms with E-state index in [1.165, 1.54) is 12.1 Å². The fraction of sp³-hybridized carbons (Fsp3) is 0. The van der Waals surface area contributed by atoms with Crippen molar-refractivity contribution >= 4 is 78.9 Å². The highest BCUT2D eigenvalue weighted by atomic mass is 127. The molecule has 2 aromatic heterocycles. The average Bonchev–Trinajstić information content (AvgIpc) is 2.71. The summed E-state index contributed by atoms with van der Waals surface area (Å²) >= 11 is 4.15. The van der Waals surface area contributed by atoms with Crippen molar-refractivity contribution in [2.75, 3.05) is 0 Å². The van der Waals surface area contributed by atoms with E-state index in [0.717, 1.165) is 7.14 Å². The number of hydrogen-bond acceptors (Lipinski definition) is 6. The summed E-state index contributed by atoms with van der Waals surface area (Å²) in [4.78, 5) is 49.0. The zero-order valence-electron chi connectivity index (χ0n) is 14.8. The fourth-order valence-corrected chi connectivity index (χ4v) is 4.78. The lowest BCUT2D eigenvalue weighted by Crippen LogP contribution is -2.44. The number of amides is 2. The molecule has 4 aromatic rings. The molecule has 150 valence electrons. The summed E-state index contributed by atoms with van der Waals surface area (Å²) in [6.07, 6.45) is 0. The maximum atomic E-state index is 12.4. The Morgan fingerprint density at radius 3 is 2.07 bits per heavy atom. The van der Waals surface area contributed by atoms with Gasteiger partial charge in [0.1, 0.15) is 16.7 Å². The van der Waals surface area contributed by atoms with Crippen LogP contribution >= 0.6 is 45.2 Å². The van der Waals surface area contributed by atoms with Crippen molar-refractivity contribution in [3.63, 3.8) is 0 Å². The highest BCUT2D eigenvalue weighted by Crippen LogP contribution is 2.23. The van der Waals surface area contributed by atoms with E-state index in [1.807, 2.05) is 28.7 Å². The zero-order chi connectivity index (χ0) is 21.4. The highest BCUT2D eigenvalue weighted by molar-refractivity contribution is 14.1. The Balaban J connectivity index is 1.58. The Bertz CT molecular complexity index is 1460. The molecule has 0 spiro atoms. The van der Waals surface area contributed by atoms with Crippen LogP contribution < -0.4 is 22.1 Å². The van der Waals surface area contributed by atoms with E-state index in [1.54, 1.807) is 30.3 Å². The van der Waals surface area contributed by atoms with Gasteiger partial charge in [-0.2, -0.15) is 0 Å². The number of fused-ring (bicyclic) bond motifs is 2. The standard InChI is InChI=1S/C20H10I2N2O6/c21-11-5-10-7-13(20(28)30-16(10)14(22)8-11)18(26)24-23-17(25)12-6-9-3-1-2-4-15(9)29-19(12)27/h1-8H,(H,23,25)(H,24,26). The van der Waals surface area contributed by atoms with Crippen molar-refractivity contribution in [1.82, 2.24) is 10.9 Å². The molecule has 0 fully saturated rings. The van der Waals surface area contributed by atoms with Crippen LogP contribution in [0.1, 0.15) is 20.7 Å². The second kappa shape index (κ2) is 8.18. The van der Waals surface area contributed by atoms with Gasteiger partial charge in [-0.3, -0.25) is 20.4 Å². The molecule has 0 aliphatic rings. The molecule has 0 radical (unpaired) electrons. The van der Waals surface area contributed by atoms with Crippen LogP contribution in [0.2, 0.25) is 0 Å². The molecule has 2 N–H and O–H groups in total. The number of hydrazine groups is 1. The lowest BCUT2D eigenvalue weighted by molar-refractivity contribution is 0.0842. The summed E-state index contributed by atoms with van der Waals surface area (Å²) in [7, 11) is 0. The fourth-order valence-electron chi connectivity index (χ4n) is 2.78. The molecule has 0 saturated carbocycles. The quantitative estimate of drug-likeness (QED) is 0.200. The summed E-state index contributed by atoms with van der Waals surface area (Å²) in [6.45, 7) is 0. The van der Waals surface area contributed by atoms with Gasteiger partial charge in [-0.25, -0.2) is 9.59 Å². The molecule has 2 aromatic carbocycles. The molecule has 4 rings (SSSR count). The van der Waals surface area contributed by atoms with Crippen LogP contribution in [0.15, 0.2) is 67.0 Å². The molecule has 0 unspecified atom stereocenters. The highest BCUT2D eigenvalue weighted by Gasteiger charge is 2.18. The normalized spacial score (nSPS) is 10.9. The maximum absolute atomic E-state index is 12.4. The number of para-hydroxylation sites is 1. The third kappa shape index (κ3) is 3.96. The topological polar surface area (TPSA) is 119 Å². The smallest absolute Gasteiger partial charge is 0.349 e. The van der Waals surface area contributed by atoms with Crippen molar-refractivity contribution in [3.05, 3.63) is 87.6 Å². The number of carbonyl (C=O) groups is 2. The van der Waals surface area contributed by atoms with Crippen molar-refractivity contribution in [1.29, 1.82) is 0 Å². The molecule has 2 amide bonds. The Morgan fingerprint density at radius 1 is 0.767 bits per heavy atom. The van der Waals surface area contributed by atoms with Crippen LogP contribution in [0.4, 0.5) is 0 Å². The lowest BCUT2D eigenvalue weighted by atomic mass is 10.2. The monoisotopic (exact) mass is 628 g/mol. The number of carbonyl (C=O) groups excluding carboxylic acids is 2. The molecule has 0 saturated heterocycles. The predicted molar refractivity (Wildman–Crippen MR) is 125 cm³/mol. The molecule has 0 atom stereocenters. The van der Waals surface area contributed by atoms with Gasteiger partial charge in [-0.15, -0.1) is 0 Å². The van der Waals surface area contributed by atoms with Crippen molar-refractivity contribution in [2.24, 2.45) is 0 Å². The van der Waals surface area contributed by atoms with Gasteiger partial charge in [-0.05, 0) is 75.5 Å². The van der Waals surface area contributed by atoms with E-state index in [9.17, 15) is 19.2 Å². The van der Waals surface area contributed by atoms with Crippen molar-refractivity contribution < 1.29 is 18.4 Å². The average molecular weight is 628 g/mol. The molecular weight excluding hydrogens is 618 g/mol. The van der Waals surface area contributed by atoms with Gasteiger partial charge >= 0.3 is 11.3 Å². The molecular formula is C20H10I2N2O6. The third-order valence-electron chi connectivity index (χ3n) is 4.17. The van der Waals surface area contributed by atoms with Crippen LogP contribution in [0.25, 0.3) is 21.9 Å². The van der Waals surface area contributed by atoms with Gasteiger partial charge in [0.15, 0.2) is 5.58 Å². The van der Waals surface area contributed by atoms with E-state index < -0.39 is 23.1 Å². The van der Waals surface area contributed by atoms with Crippen LogP contribution in [0.5, 0.6) is 0 Å². The first-order chi connectivity index (χ1) is 14.3. The van der Waals surface area contributed by atoms with E-state index in [-0.39, 0.29) is 11.1 Å². The first-order valence-corrected chi connectivity index (χ1v) is 10.6. The number of rotatable bonds is 2. The molecule has 8 nitrogen and oxygen atoms in total. The zero-order valence-corrected chi connectivity index (χ0v) is 19.1. The molecule has 0 bridgehead atoms.